The molecule has 0 bridgehead atoms. The highest BCUT2D eigenvalue weighted by Gasteiger charge is 2.14. The Morgan fingerprint density at radius 2 is 1.76 bits per heavy atom. The van der Waals surface area contributed by atoms with E-state index < -0.39 is 5.97 Å². The van der Waals surface area contributed by atoms with Gasteiger partial charge in [-0.2, -0.15) is 0 Å². The Bertz CT molecular complexity index is 443. The number of benzene rings is 1. The van der Waals surface area contributed by atoms with E-state index in [1.807, 2.05) is 0 Å². The summed E-state index contributed by atoms with van der Waals surface area (Å²) in [4.78, 5) is 13.0. The van der Waals surface area contributed by atoms with Crippen LogP contribution in [0, 0.1) is 5.92 Å². The Morgan fingerprint density at radius 3 is 2.19 bits per heavy atom. The molecule has 1 rings (SSSR count). The number of carboxylic acids is 1. The van der Waals surface area contributed by atoms with E-state index >= 15 is 0 Å². The fourth-order valence-electron chi connectivity index (χ4n) is 2.37. The van der Waals surface area contributed by atoms with Crippen molar-refractivity contribution in [2.24, 2.45) is 5.92 Å². The molecule has 1 aromatic carbocycles. The highest BCUT2D eigenvalue weighted by Crippen LogP contribution is 2.22. The number of carbonyl (C=O) groups is 1. The van der Waals surface area contributed by atoms with Gasteiger partial charge in [0.05, 0.1) is 6.42 Å². The average molecular weight is 291 g/mol. The molecule has 3 nitrogen and oxygen atoms in total. The molecule has 118 valence electrons. The van der Waals surface area contributed by atoms with Crippen molar-refractivity contribution < 1.29 is 9.90 Å². The van der Waals surface area contributed by atoms with Crippen molar-refractivity contribution in [2.45, 2.75) is 53.0 Å². The van der Waals surface area contributed by atoms with E-state index in [0.29, 0.717) is 12.5 Å². The van der Waals surface area contributed by atoms with Crippen molar-refractivity contribution in [2.75, 3.05) is 13.1 Å². The predicted molar refractivity (Wildman–Crippen MR) is 87.5 cm³/mol. The second-order valence-corrected chi connectivity index (χ2v) is 7.22. The highest BCUT2D eigenvalue weighted by atomic mass is 16.4. The molecule has 0 spiro atoms. The second-order valence-electron chi connectivity index (χ2n) is 7.22. The van der Waals surface area contributed by atoms with E-state index in [4.69, 9.17) is 5.11 Å². The Hall–Kier alpha value is -1.35. The number of nitrogens with zero attached hydrogens (tertiary/aromatic N) is 1. The van der Waals surface area contributed by atoms with Gasteiger partial charge in [0, 0.05) is 19.6 Å². The molecule has 0 saturated carbocycles. The van der Waals surface area contributed by atoms with Crippen LogP contribution in [0.2, 0.25) is 0 Å². The quantitative estimate of drug-likeness (QED) is 0.828. The normalized spacial score (nSPS) is 12.1. The van der Waals surface area contributed by atoms with Crippen molar-refractivity contribution in [3.63, 3.8) is 0 Å². The van der Waals surface area contributed by atoms with E-state index in [1.165, 1.54) is 11.1 Å². The van der Waals surface area contributed by atoms with Gasteiger partial charge in [-0.1, -0.05) is 58.9 Å². The maximum atomic E-state index is 10.8. The van der Waals surface area contributed by atoms with Crippen molar-refractivity contribution in [3.05, 3.63) is 35.4 Å². The Labute approximate surface area is 129 Å². The van der Waals surface area contributed by atoms with E-state index in [1.54, 1.807) is 0 Å². The van der Waals surface area contributed by atoms with E-state index in [0.717, 1.165) is 13.1 Å². The highest BCUT2D eigenvalue weighted by molar-refractivity contribution is 5.66. The second kappa shape index (κ2) is 7.60. The van der Waals surface area contributed by atoms with E-state index in [-0.39, 0.29) is 11.8 Å². The van der Waals surface area contributed by atoms with Crippen molar-refractivity contribution in [1.82, 2.24) is 4.90 Å². The van der Waals surface area contributed by atoms with Gasteiger partial charge in [-0.25, -0.2) is 0 Å². The first-order chi connectivity index (χ1) is 9.68. The monoisotopic (exact) mass is 291 g/mol. The average Bonchev–Trinajstić information content (AvgIpc) is 2.35. The third-order valence-corrected chi connectivity index (χ3v) is 3.49. The summed E-state index contributed by atoms with van der Waals surface area (Å²) in [6.45, 7) is 13.3. The Morgan fingerprint density at radius 1 is 1.19 bits per heavy atom. The van der Waals surface area contributed by atoms with Crippen LogP contribution in [0.25, 0.3) is 0 Å². The first-order valence-corrected chi connectivity index (χ1v) is 7.72. The standard InChI is InChI=1S/C18H29NO2/c1-14(2)12-19(11-10-17(20)21)13-15-6-8-16(9-7-15)18(3,4)5/h6-9,14H,10-13H2,1-5H3,(H,20,21). The first kappa shape index (κ1) is 17.7. The summed E-state index contributed by atoms with van der Waals surface area (Å²) in [6.07, 6.45) is 0.201. The van der Waals surface area contributed by atoms with Crippen LogP contribution in [-0.4, -0.2) is 29.1 Å². The molecule has 0 aliphatic rings. The van der Waals surface area contributed by atoms with Gasteiger partial charge >= 0.3 is 5.97 Å². The van der Waals surface area contributed by atoms with Gasteiger partial charge in [-0.3, -0.25) is 9.69 Å². The zero-order chi connectivity index (χ0) is 16.0. The summed E-state index contributed by atoms with van der Waals surface area (Å²) in [7, 11) is 0. The van der Waals surface area contributed by atoms with Gasteiger partial charge in [0.1, 0.15) is 0 Å². The Kier molecular flexibility index (Phi) is 6.41. The molecular weight excluding hydrogens is 262 g/mol. The van der Waals surface area contributed by atoms with E-state index in [2.05, 4.69) is 63.8 Å². The lowest BCUT2D eigenvalue weighted by atomic mass is 9.87. The molecule has 0 atom stereocenters. The van der Waals surface area contributed by atoms with Crippen LogP contribution in [0.15, 0.2) is 24.3 Å². The third-order valence-electron chi connectivity index (χ3n) is 3.49. The van der Waals surface area contributed by atoms with Crippen LogP contribution in [0.5, 0.6) is 0 Å². The van der Waals surface area contributed by atoms with Crippen LogP contribution < -0.4 is 0 Å². The lowest BCUT2D eigenvalue weighted by Gasteiger charge is -2.24. The zero-order valence-electron chi connectivity index (χ0n) is 14.0. The van der Waals surface area contributed by atoms with Gasteiger partial charge in [0.2, 0.25) is 0 Å². The molecule has 0 amide bonds. The summed E-state index contributed by atoms with van der Waals surface area (Å²) in [5, 5.41) is 8.86. The minimum Gasteiger partial charge on any atom is -0.481 e. The summed E-state index contributed by atoms with van der Waals surface area (Å²) in [5.74, 6) is -0.195. The first-order valence-electron chi connectivity index (χ1n) is 7.72. The van der Waals surface area contributed by atoms with Crippen molar-refractivity contribution in [3.8, 4) is 0 Å². The third kappa shape index (κ3) is 6.76. The van der Waals surface area contributed by atoms with Gasteiger partial charge in [0.15, 0.2) is 0 Å². The Balaban J connectivity index is 2.71. The number of hydrogen-bond donors (Lipinski definition) is 1. The van der Waals surface area contributed by atoms with Crippen LogP contribution in [0.4, 0.5) is 0 Å². The predicted octanol–water partition coefficient (Wildman–Crippen LogP) is 3.92. The van der Waals surface area contributed by atoms with Crippen molar-refractivity contribution in [1.29, 1.82) is 0 Å². The van der Waals surface area contributed by atoms with Gasteiger partial charge < -0.3 is 5.11 Å². The van der Waals surface area contributed by atoms with Crippen LogP contribution >= 0.6 is 0 Å². The zero-order valence-corrected chi connectivity index (χ0v) is 14.0. The minimum absolute atomic E-state index is 0.166. The molecule has 0 aliphatic heterocycles. The molecule has 3 heteroatoms. The molecule has 1 N–H and O–H groups in total. The number of carboxylic acid groups (broad SMARTS) is 1. The summed E-state index contributed by atoms with van der Waals surface area (Å²) in [5.41, 5.74) is 2.74. The SMILES string of the molecule is CC(C)CN(CCC(=O)O)Cc1ccc(C(C)(C)C)cc1. The molecule has 0 unspecified atom stereocenters. The molecule has 0 aliphatic carbocycles. The maximum absolute atomic E-state index is 10.8. The molecule has 0 saturated heterocycles. The fraction of sp³-hybridized carbons (Fsp3) is 0.611. The molecule has 0 heterocycles. The lowest BCUT2D eigenvalue weighted by molar-refractivity contribution is -0.137. The molecular formula is C18H29NO2. The van der Waals surface area contributed by atoms with Gasteiger partial charge in [0.25, 0.3) is 0 Å². The molecule has 0 radical (unpaired) electrons. The smallest absolute Gasteiger partial charge is 0.304 e. The lowest BCUT2D eigenvalue weighted by Crippen LogP contribution is -2.29. The molecule has 21 heavy (non-hydrogen) atoms. The number of rotatable bonds is 7. The van der Waals surface area contributed by atoms with Gasteiger partial charge in [-0.05, 0) is 22.5 Å². The summed E-state index contributed by atoms with van der Waals surface area (Å²) >= 11 is 0. The van der Waals surface area contributed by atoms with Crippen LogP contribution in [-0.2, 0) is 16.8 Å². The topological polar surface area (TPSA) is 40.5 Å². The van der Waals surface area contributed by atoms with Gasteiger partial charge in [-0.15, -0.1) is 0 Å². The minimum atomic E-state index is -0.730. The largest absolute Gasteiger partial charge is 0.481 e. The fourth-order valence-corrected chi connectivity index (χ4v) is 2.37. The maximum Gasteiger partial charge on any atom is 0.304 e. The molecule has 0 fully saturated rings. The van der Waals surface area contributed by atoms with E-state index in [9.17, 15) is 4.79 Å². The summed E-state index contributed by atoms with van der Waals surface area (Å²) in [6, 6.07) is 8.68. The van der Waals surface area contributed by atoms with Crippen LogP contribution in [0.3, 0.4) is 0 Å². The molecule has 1 aromatic rings. The summed E-state index contributed by atoms with van der Waals surface area (Å²) < 4.78 is 0. The van der Waals surface area contributed by atoms with Crippen LogP contribution in [0.1, 0.15) is 52.2 Å². The number of aliphatic carboxylic acids is 1. The van der Waals surface area contributed by atoms with Crippen molar-refractivity contribution >= 4 is 5.97 Å². The number of hydrogen-bond acceptors (Lipinski definition) is 2. The molecule has 0 aromatic heterocycles.